The molecule has 1 aliphatic heterocycles. The molecule has 0 saturated carbocycles. The average Bonchev–Trinajstić information content (AvgIpc) is 3.46. The number of benzene rings is 2. The lowest BCUT2D eigenvalue weighted by molar-refractivity contribution is -0.662. The van der Waals surface area contributed by atoms with Crippen LogP contribution in [0.5, 0.6) is 0 Å². The van der Waals surface area contributed by atoms with E-state index in [9.17, 15) is 19.8 Å². The summed E-state index contributed by atoms with van der Waals surface area (Å²) >= 11 is 25.8. The number of fused-ring (bicyclic) bond motifs is 2. The monoisotopic (exact) mass is 751 g/mol. The van der Waals surface area contributed by atoms with Crippen molar-refractivity contribution >= 4 is 86.8 Å². The predicted molar refractivity (Wildman–Crippen MR) is 202 cm³/mol. The Kier molecular flexibility index (Phi) is 15.0. The van der Waals surface area contributed by atoms with Gasteiger partial charge in [-0.25, -0.2) is 13.9 Å². The Morgan fingerprint density at radius 2 is 1.22 bits per heavy atom. The van der Waals surface area contributed by atoms with Crippen LogP contribution < -0.4 is 14.4 Å². The van der Waals surface area contributed by atoms with Gasteiger partial charge in [0.25, 0.3) is 5.82 Å². The van der Waals surface area contributed by atoms with E-state index in [1.807, 2.05) is 18.2 Å². The topological polar surface area (TPSA) is 89.9 Å². The van der Waals surface area contributed by atoms with Crippen LogP contribution in [0.3, 0.4) is 0 Å². The predicted octanol–water partition coefficient (Wildman–Crippen LogP) is 10.6. The van der Waals surface area contributed by atoms with Crippen LogP contribution >= 0.6 is 46.4 Å². The molecule has 3 aromatic rings. The molecule has 0 aliphatic carbocycles. The first-order chi connectivity index (χ1) is 23.6. The van der Waals surface area contributed by atoms with E-state index in [1.165, 1.54) is 38.5 Å². The highest BCUT2D eigenvalue weighted by molar-refractivity contribution is 6.43. The largest absolute Gasteiger partial charge is 0.480 e. The number of carboxylic acid groups (broad SMARTS) is 2. The second-order valence-corrected chi connectivity index (χ2v) is 14.2. The van der Waals surface area contributed by atoms with Gasteiger partial charge in [0, 0.05) is 24.8 Å². The Bertz CT molecular complexity index is 1690. The molecule has 0 bridgehead atoms. The van der Waals surface area contributed by atoms with Gasteiger partial charge < -0.3 is 20.0 Å². The molecule has 2 heterocycles. The molecule has 1 aromatic heterocycles. The summed E-state index contributed by atoms with van der Waals surface area (Å²) in [4.78, 5) is 28.0. The third-order valence-electron chi connectivity index (χ3n) is 8.85. The Morgan fingerprint density at radius 3 is 1.82 bits per heavy atom. The van der Waals surface area contributed by atoms with Gasteiger partial charge in [-0.3, -0.25) is 4.79 Å². The second-order valence-electron chi connectivity index (χ2n) is 12.6. The van der Waals surface area contributed by atoms with E-state index in [0.717, 1.165) is 49.7 Å². The van der Waals surface area contributed by atoms with Crippen molar-refractivity contribution < 1.29 is 24.4 Å². The Morgan fingerprint density at radius 1 is 0.694 bits per heavy atom. The first-order valence-electron chi connectivity index (χ1n) is 17.3. The van der Waals surface area contributed by atoms with Crippen molar-refractivity contribution in [2.45, 2.75) is 104 Å². The summed E-state index contributed by atoms with van der Waals surface area (Å²) in [6.45, 7) is 5.18. The minimum absolute atomic E-state index is 0.272. The Hall–Kier alpha value is -2.91. The highest BCUT2D eigenvalue weighted by atomic mass is 35.5. The number of allylic oxidation sites excluding steroid dienone is 2. The summed E-state index contributed by atoms with van der Waals surface area (Å²) in [5.41, 5.74) is 2.94. The van der Waals surface area contributed by atoms with Crippen molar-refractivity contribution in [1.29, 1.82) is 0 Å². The smallest absolute Gasteiger partial charge is 0.346 e. The summed E-state index contributed by atoms with van der Waals surface area (Å²) in [5, 5.41) is 21.3. The normalized spacial score (nSPS) is 13.8. The molecule has 0 spiro atoms. The molecule has 1 aliphatic rings. The van der Waals surface area contributed by atoms with E-state index in [2.05, 4.69) is 23.3 Å². The second kappa shape index (κ2) is 18.9. The van der Waals surface area contributed by atoms with Crippen molar-refractivity contribution in [3.63, 3.8) is 0 Å². The average molecular weight is 754 g/mol. The number of anilines is 2. The van der Waals surface area contributed by atoms with Gasteiger partial charge in [0.1, 0.15) is 12.4 Å². The van der Waals surface area contributed by atoms with Gasteiger partial charge >= 0.3 is 11.9 Å². The van der Waals surface area contributed by atoms with Gasteiger partial charge in [0.05, 0.1) is 38.0 Å². The van der Waals surface area contributed by atoms with Gasteiger partial charge in [0.2, 0.25) is 0 Å². The first-order valence-corrected chi connectivity index (χ1v) is 18.9. The van der Waals surface area contributed by atoms with E-state index in [1.54, 1.807) is 33.7 Å². The van der Waals surface area contributed by atoms with Gasteiger partial charge in [0.15, 0.2) is 17.6 Å². The standard InChI is InChI=1S/C37H46Cl4N4O4/c1-3-5-7-9-11-13-18-42-30-20-26(38)28(40)22-32(30)44(24-36(46)47)34(42)16-15-17-35-43(19-14-12-10-8-6-4-2)31-21-27(39)29(41)23-33(31)45(35)25-37(48)49/h15-17,20-23H,3-14,18-19,24-25H2,1-2H3,(H-,46,47,48,49)/p+1. The number of unbranched alkanes of at least 4 members (excludes halogenated alkanes) is 10. The van der Waals surface area contributed by atoms with Gasteiger partial charge in [-0.2, -0.15) is 0 Å². The zero-order valence-corrected chi connectivity index (χ0v) is 31.4. The molecule has 0 atom stereocenters. The van der Waals surface area contributed by atoms with Gasteiger partial charge in [-0.1, -0.05) is 124 Å². The molecule has 12 heteroatoms. The van der Waals surface area contributed by atoms with Crippen LogP contribution in [0.25, 0.3) is 17.1 Å². The molecule has 2 N–H and O–H groups in total. The van der Waals surface area contributed by atoms with Crippen molar-refractivity contribution in [2.24, 2.45) is 0 Å². The number of aryl methyl sites for hydroxylation is 1. The Labute approximate surface area is 309 Å². The summed E-state index contributed by atoms with van der Waals surface area (Å²) in [7, 11) is 0. The van der Waals surface area contributed by atoms with Crippen molar-refractivity contribution in [2.75, 3.05) is 22.9 Å². The van der Waals surface area contributed by atoms with Crippen molar-refractivity contribution in [1.82, 2.24) is 4.57 Å². The molecule has 0 radical (unpaired) electrons. The molecule has 266 valence electrons. The quantitative estimate of drug-likeness (QED) is 0.0882. The van der Waals surface area contributed by atoms with Crippen LogP contribution in [0.1, 0.15) is 96.7 Å². The van der Waals surface area contributed by atoms with E-state index in [0.29, 0.717) is 56.0 Å². The van der Waals surface area contributed by atoms with Crippen LogP contribution in [-0.2, 0) is 22.7 Å². The highest BCUT2D eigenvalue weighted by Crippen LogP contribution is 2.45. The molecule has 49 heavy (non-hydrogen) atoms. The van der Waals surface area contributed by atoms with Crippen LogP contribution in [0.2, 0.25) is 20.1 Å². The molecule has 0 unspecified atom stereocenters. The number of aliphatic carboxylic acids is 2. The van der Waals surface area contributed by atoms with E-state index in [-0.39, 0.29) is 13.1 Å². The van der Waals surface area contributed by atoms with E-state index in [4.69, 9.17) is 46.4 Å². The number of rotatable bonds is 20. The Balaban J connectivity index is 1.77. The van der Waals surface area contributed by atoms with Crippen molar-refractivity contribution in [3.8, 4) is 0 Å². The maximum atomic E-state index is 12.1. The highest BCUT2D eigenvalue weighted by Gasteiger charge is 2.33. The molecule has 2 aromatic carbocycles. The van der Waals surface area contributed by atoms with Crippen LogP contribution in [0, 0.1) is 0 Å². The lowest BCUT2D eigenvalue weighted by Crippen LogP contribution is -2.40. The maximum Gasteiger partial charge on any atom is 0.346 e. The number of imidazole rings is 1. The number of hydrogen-bond donors (Lipinski definition) is 2. The zero-order valence-electron chi connectivity index (χ0n) is 28.4. The molecule has 4 rings (SSSR count). The minimum atomic E-state index is -0.986. The van der Waals surface area contributed by atoms with E-state index < -0.39 is 11.9 Å². The fraction of sp³-hybridized carbons (Fsp3) is 0.486. The number of halogens is 4. The first kappa shape index (κ1) is 38.9. The number of nitrogens with zero attached hydrogens (tertiary/aromatic N) is 4. The molecule has 0 saturated heterocycles. The lowest BCUT2D eigenvalue weighted by atomic mass is 10.1. The number of aromatic nitrogens is 2. The molecule has 8 nitrogen and oxygen atoms in total. The molecular formula is C37H47Cl4N4O4+. The minimum Gasteiger partial charge on any atom is -0.480 e. The third-order valence-corrected chi connectivity index (χ3v) is 10.3. The van der Waals surface area contributed by atoms with Crippen LogP contribution in [-0.4, -0.2) is 39.8 Å². The molecule has 0 amide bonds. The number of carboxylic acids is 2. The maximum absolute atomic E-state index is 12.1. The van der Waals surface area contributed by atoms with Gasteiger partial charge in [-0.15, -0.1) is 0 Å². The fourth-order valence-corrected chi connectivity index (χ4v) is 7.09. The molecular weight excluding hydrogens is 706 g/mol. The van der Waals surface area contributed by atoms with Crippen LogP contribution in [0.15, 0.2) is 42.2 Å². The van der Waals surface area contributed by atoms with Crippen LogP contribution in [0.4, 0.5) is 11.4 Å². The van der Waals surface area contributed by atoms with Crippen molar-refractivity contribution in [3.05, 3.63) is 68.2 Å². The number of carbonyl (C=O) groups is 2. The summed E-state index contributed by atoms with van der Waals surface area (Å²) < 4.78 is 3.83. The van der Waals surface area contributed by atoms with Gasteiger partial charge in [-0.05, 0) is 37.5 Å². The molecule has 0 fully saturated rings. The zero-order chi connectivity index (χ0) is 35.5. The lowest BCUT2D eigenvalue weighted by Gasteiger charge is -2.24. The number of hydrogen-bond acceptors (Lipinski definition) is 4. The fourth-order valence-electron chi connectivity index (χ4n) is 6.46. The summed E-state index contributed by atoms with van der Waals surface area (Å²) in [6, 6.07) is 7.02. The summed E-state index contributed by atoms with van der Waals surface area (Å²) in [5.74, 6) is -0.620. The third kappa shape index (κ3) is 10.1. The van der Waals surface area contributed by atoms with E-state index >= 15 is 0 Å². The SMILES string of the molecule is CCCCCCCCN1C(=CC=Cc2n(CCCCCCCC)c3cc(Cl)c(Cl)cc3[n+]2CC(=O)O)N(CC(=O)O)c2cc(Cl)c(Cl)cc21. The summed E-state index contributed by atoms with van der Waals surface area (Å²) in [6.07, 6.45) is 18.9.